The number of carbonyl (C=O) groups is 3. The second-order valence-electron chi connectivity index (χ2n) is 8.01. The maximum absolute atomic E-state index is 13.0. The van der Waals surface area contributed by atoms with Crippen molar-refractivity contribution in [3.05, 3.63) is 101 Å². The highest BCUT2D eigenvalue weighted by molar-refractivity contribution is 6.11. The summed E-state index contributed by atoms with van der Waals surface area (Å²) in [6, 6.07) is 23.1. The number of amides is 3. The molecule has 0 fully saturated rings. The summed E-state index contributed by atoms with van der Waals surface area (Å²) in [6.07, 6.45) is 0. The molecule has 3 amide bonds. The molecule has 1 heterocycles. The van der Waals surface area contributed by atoms with Gasteiger partial charge in [-0.05, 0) is 56.3 Å². The molecule has 176 valence electrons. The van der Waals surface area contributed by atoms with Crippen molar-refractivity contribution >= 4 is 34.8 Å². The number of hydrogen-bond acceptors (Lipinski definition) is 4. The molecule has 0 unspecified atom stereocenters. The Bertz CT molecular complexity index is 1410. The molecule has 0 aliphatic heterocycles. The smallest absolute Gasteiger partial charge is 0.257 e. The fraction of sp³-hybridized carbons (Fsp3) is 0.111. The largest absolute Gasteiger partial charge is 0.326 e. The van der Waals surface area contributed by atoms with Crippen molar-refractivity contribution in [3.8, 4) is 5.69 Å². The fourth-order valence-corrected chi connectivity index (χ4v) is 3.75. The summed E-state index contributed by atoms with van der Waals surface area (Å²) in [7, 11) is 0. The van der Waals surface area contributed by atoms with Crippen LogP contribution in [0.4, 0.5) is 17.1 Å². The standard InChI is InChI=1S/C27H25N5O3/c1-17-25(18(2)32(31-17)22-12-5-4-6-13-22)30-26(34)20-10-9-11-21(16-20)29-27(35)23-14-7-8-15-24(23)28-19(3)33/h4-16H,1-3H3,(H,28,33)(H,29,35)(H,30,34). The lowest BCUT2D eigenvalue weighted by Crippen LogP contribution is -2.17. The summed E-state index contributed by atoms with van der Waals surface area (Å²) in [6.45, 7) is 5.11. The van der Waals surface area contributed by atoms with Gasteiger partial charge in [0.05, 0.1) is 34.0 Å². The lowest BCUT2D eigenvalue weighted by atomic mass is 10.1. The molecular formula is C27H25N5O3. The molecule has 0 aliphatic rings. The molecule has 0 saturated heterocycles. The van der Waals surface area contributed by atoms with Crippen LogP contribution in [0.1, 0.15) is 39.0 Å². The van der Waals surface area contributed by atoms with E-state index in [1.807, 2.05) is 44.2 Å². The first-order chi connectivity index (χ1) is 16.8. The summed E-state index contributed by atoms with van der Waals surface area (Å²) in [4.78, 5) is 37.3. The molecule has 0 atom stereocenters. The monoisotopic (exact) mass is 467 g/mol. The van der Waals surface area contributed by atoms with Crippen LogP contribution >= 0.6 is 0 Å². The normalized spacial score (nSPS) is 10.5. The average molecular weight is 468 g/mol. The Labute approximate surface area is 203 Å². The number of rotatable bonds is 6. The van der Waals surface area contributed by atoms with E-state index in [2.05, 4.69) is 21.0 Å². The number of anilines is 3. The number of nitrogens with zero attached hydrogens (tertiary/aromatic N) is 2. The van der Waals surface area contributed by atoms with Crippen molar-refractivity contribution in [1.82, 2.24) is 9.78 Å². The maximum atomic E-state index is 13.0. The number of benzene rings is 3. The molecule has 0 spiro atoms. The van der Waals surface area contributed by atoms with Gasteiger partial charge in [-0.3, -0.25) is 14.4 Å². The lowest BCUT2D eigenvalue weighted by molar-refractivity contribution is -0.114. The van der Waals surface area contributed by atoms with Gasteiger partial charge in [-0.1, -0.05) is 36.4 Å². The van der Waals surface area contributed by atoms with Crippen molar-refractivity contribution in [1.29, 1.82) is 0 Å². The van der Waals surface area contributed by atoms with Gasteiger partial charge in [0.1, 0.15) is 0 Å². The van der Waals surface area contributed by atoms with E-state index in [4.69, 9.17) is 0 Å². The molecule has 8 heteroatoms. The van der Waals surface area contributed by atoms with Crippen LogP contribution in [0.2, 0.25) is 0 Å². The molecule has 4 rings (SSSR count). The number of aromatic nitrogens is 2. The van der Waals surface area contributed by atoms with E-state index in [0.717, 1.165) is 11.4 Å². The van der Waals surface area contributed by atoms with Crippen molar-refractivity contribution in [2.75, 3.05) is 16.0 Å². The van der Waals surface area contributed by atoms with E-state index >= 15 is 0 Å². The van der Waals surface area contributed by atoms with Crippen LogP contribution < -0.4 is 16.0 Å². The third-order valence-corrected chi connectivity index (χ3v) is 5.40. The van der Waals surface area contributed by atoms with Gasteiger partial charge in [0.25, 0.3) is 11.8 Å². The highest BCUT2D eigenvalue weighted by Crippen LogP contribution is 2.24. The van der Waals surface area contributed by atoms with Gasteiger partial charge < -0.3 is 16.0 Å². The Morgan fingerprint density at radius 3 is 2.23 bits per heavy atom. The Kier molecular flexibility index (Phi) is 6.73. The van der Waals surface area contributed by atoms with E-state index < -0.39 is 5.91 Å². The molecule has 4 aromatic rings. The first-order valence-corrected chi connectivity index (χ1v) is 11.0. The lowest BCUT2D eigenvalue weighted by Gasteiger charge is -2.11. The molecule has 35 heavy (non-hydrogen) atoms. The van der Waals surface area contributed by atoms with Crippen molar-refractivity contribution in [2.45, 2.75) is 20.8 Å². The van der Waals surface area contributed by atoms with Crippen molar-refractivity contribution < 1.29 is 14.4 Å². The van der Waals surface area contributed by atoms with Gasteiger partial charge in [-0.2, -0.15) is 5.10 Å². The van der Waals surface area contributed by atoms with Gasteiger partial charge in [0.2, 0.25) is 5.91 Å². The molecule has 3 N–H and O–H groups in total. The second kappa shape index (κ2) is 10.0. The molecule has 0 bridgehead atoms. The van der Waals surface area contributed by atoms with Crippen molar-refractivity contribution in [3.63, 3.8) is 0 Å². The summed E-state index contributed by atoms with van der Waals surface area (Å²) >= 11 is 0. The number of carbonyl (C=O) groups excluding carboxylic acids is 3. The number of hydrogen-bond donors (Lipinski definition) is 3. The number of nitrogens with one attached hydrogen (secondary N) is 3. The summed E-state index contributed by atoms with van der Waals surface area (Å²) < 4.78 is 1.79. The zero-order valence-electron chi connectivity index (χ0n) is 19.6. The summed E-state index contributed by atoms with van der Waals surface area (Å²) in [5.74, 6) is -0.994. The van der Waals surface area contributed by atoms with Crippen LogP contribution in [0.25, 0.3) is 5.69 Å². The molecule has 8 nitrogen and oxygen atoms in total. The minimum atomic E-state index is -0.400. The molecule has 1 aromatic heterocycles. The molecule has 0 aliphatic carbocycles. The fourth-order valence-electron chi connectivity index (χ4n) is 3.75. The minimum Gasteiger partial charge on any atom is -0.326 e. The SMILES string of the molecule is CC(=O)Nc1ccccc1C(=O)Nc1cccc(C(=O)Nc2c(C)nn(-c3ccccc3)c2C)c1. The Morgan fingerprint density at radius 2 is 1.49 bits per heavy atom. The first-order valence-electron chi connectivity index (χ1n) is 11.0. The van der Waals surface area contributed by atoms with Gasteiger partial charge in [-0.15, -0.1) is 0 Å². The summed E-state index contributed by atoms with van der Waals surface area (Å²) in [5, 5.41) is 12.9. The predicted octanol–water partition coefficient (Wildman–Crippen LogP) is 4.95. The Hall–Kier alpha value is -4.72. The molecule has 0 radical (unpaired) electrons. The van der Waals surface area contributed by atoms with E-state index in [0.29, 0.717) is 33.9 Å². The van der Waals surface area contributed by atoms with Crippen LogP contribution in [0.3, 0.4) is 0 Å². The van der Waals surface area contributed by atoms with E-state index in [1.165, 1.54) is 6.92 Å². The Balaban J connectivity index is 1.52. The zero-order valence-corrected chi connectivity index (χ0v) is 19.6. The third-order valence-electron chi connectivity index (χ3n) is 5.40. The number of para-hydroxylation sites is 2. The van der Waals surface area contributed by atoms with Gasteiger partial charge in [0.15, 0.2) is 0 Å². The van der Waals surface area contributed by atoms with Crippen LogP contribution in [-0.4, -0.2) is 27.5 Å². The molecule has 3 aromatic carbocycles. The van der Waals surface area contributed by atoms with E-state index in [1.54, 1.807) is 53.2 Å². The zero-order chi connectivity index (χ0) is 24.9. The minimum absolute atomic E-state index is 0.273. The highest BCUT2D eigenvalue weighted by atomic mass is 16.2. The van der Waals surface area contributed by atoms with Gasteiger partial charge in [-0.25, -0.2) is 4.68 Å². The topological polar surface area (TPSA) is 105 Å². The first kappa shape index (κ1) is 23.4. The van der Waals surface area contributed by atoms with Crippen LogP contribution in [-0.2, 0) is 4.79 Å². The van der Waals surface area contributed by atoms with Gasteiger partial charge in [0, 0.05) is 18.2 Å². The predicted molar refractivity (Wildman–Crippen MR) is 136 cm³/mol. The third kappa shape index (κ3) is 5.27. The van der Waals surface area contributed by atoms with Crippen LogP contribution in [0.15, 0.2) is 78.9 Å². The summed E-state index contributed by atoms with van der Waals surface area (Å²) in [5.41, 5.74) is 4.60. The van der Waals surface area contributed by atoms with Gasteiger partial charge >= 0.3 is 0 Å². The highest BCUT2D eigenvalue weighted by Gasteiger charge is 2.17. The molecule has 0 saturated carbocycles. The van der Waals surface area contributed by atoms with E-state index in [9.17, 15) is 14.4 Å². The quantitative estimate of drug-likeness (QED) is 0.373. The van der Waals surface area contributed by atoms with Crippen molar-refractivity contribution in [2.24, 2.45) is 0 Å². The maximum Gasteiger partial charge on any atom is 0.257 e. The Morgan fingerprint density at radius 1 is 0.771 bits per heavy atom. The molecular weight excluding hydrogens is 442 g/mol. The number of aryl methyl sites for hydroxylation is 1. The van der Waals surface area contributed by atoms with Crippen LogP contribution in [0, 0.1) is 13.8 Å². The second-order valence-corrected chi connectivity index (χ2v) is 8.01. The van der Waals surface area contributed by atoms with E-state index in [-0.39, 0.29) is 11.8 Å². The average Bonchev–Trinajstić information content (AvgIpc) is 3.13. The van der Waals surface area contributed by atoms with Crippen LogP contribution in [0.5, 0.6) is 0 Å².